The van der Waals surface area contributed by atoms with Gasteiger partial charge < -0.3 is 4.74 Å². The van der Waals surface area contributed by atoms with Crippen LogP contribution in [0.15, 0.2) is 24.3 Å². The highest BCUT2D eigenvalue weighted by atomic mass is 16.5. The van der Waals surface area contributed by atoms with Crippen LogP contribution in [-0.2, 0) is 14.3 Å². The molecule has 1 aliphatic carbocycles. The van der Waals surface area contributed by atoms with Crippen LogP contribution in [0.1, 0.15) is 33.1 Å². The number of carbonyl (C=O) groups excluding carboxylic acids is 2. The van der Waals surface area contributed by atoms with Gasteiger partial charge >= 0.3 is 5.97 Å². The van der Waals surface area contributed by atoms with Crippen molar-refractivity contribution in [2.75, 3.05) is 6.61 Å². The van der Waals surface area contributed by atoms with Crippen molar-refractivity contribution in [3.05, 3.63) is 24.3 Å². The summed E-state index contributed by atoms with van der Waals surface area (Å²) < 4.78 is 4.81. The minimum Gasteiger partial charge on any atom is -0.463 e. The van der Waals surface area contributed by atoms with Gasteiger partial charge in [-0.3, -0.25) is 4.79 Å². The zero-order valence-corrected chi connectivity index (χ0v) is 9.86. The summed E-state index contributed by atoms with van der Waals surface area (Å²) in [5, 5.41) is 0. The fraction of sp³-hybridized carbons (Fsp3) is 0.538. The molecule has 0 aromatic heterocycles. The molecule has 0 heterocycles. The molecule has 3 nitrogen and oxygen atoms in total. The number of hydrogen-bond donors (Lipinski definition) is 0. The summed E-state index contributed by atoms with van der Waals surface area (Å²) in [4.78, 5) is 22.0. The fourth-order valence-electron chi connectivity index (χ4n) is 1.68. The largest absolute Gasteiger partial charge is 0.463 e. The Morgan fingerprint density at radius 1 is 1.25 bits per heavy atom. The number of hydrogen-bond acceptors (Lipinski definition) is 3. The lowest BCUT2D eigenvalue weighted by molar-refractivity contribution is -0.137. The topological polar surface area (TPSA) is 43.4 Å². The van der Waals surface area contributed by atoms with Crippen LogP contribution in [0.4, 0.5) is 0 Å². The highest BCUT2D eigenvalue weighted by Crippen LogP contribution is 2.43. The molecule has 0 bridgehead atoms. The van der Waals surface area contributed by atoms with Crippen LogP contribution in [0.2, 0.25) is 0 Å². The van der Waals surface area contributed by atoms with Gasteiger partial charge in [0.25, 0.3) is 0 Å². The van der Waals surface area contributed by atoms with E-state index >= 15 is 0 Å². The Hall–Kier alpha value is -1.38. The molecular weight excluding hydrogens is 204 g/mol. The lowest BCUT2D eigenvalue weighted by atomic mass is 9.68. The van der Waals surface area contributed by atoms with Gasteiger partial charge in [0.15, 0.2) is 5.78 Å². The smallest absolute Gasteiger partial charge is 0.330 e. The van der Waals surface area contributed by atoms with Gasteiger partial charge in [-0.15, -0.1) is 0 Å². The minimum atomic E-state index is -0.315. The van der Waals surface area contributed by atoms with Crippen molar-refractivity contribution in [1.82, 2.24) is 0 Å². The van der Waals surface area contributed by atoms with E-state index in [2.05, 4.69) is 0 Å². The summed E-state index contributed by atoms with van der Waals surface area (Å²) in [5.41, 5.74) is -0.0988. The van der Waals surface area contributed by atoms with Gasteiger partial charge in [0.2, 0.25) is 0 Å². The van der Waals surface area contributed by atoms with Gasteiger partial charge in [-0.2, -0.15) is 0 Å². The van der Waals surface area contributed by atoms with Gasteiger partial charge in [0.05, 0.1) is 6.61 Å². The number of rotatable bonds is 5. The molecule has 0 atom stereocenters. The Kier molecular flexibility index (Phi) is 4.47. The van der Waals surface area contributed by atoms with Crippen LogP contribution >= 0.6 is 0 Å². The third-order valence-corrected chi connectivity index (χ3v) is 2.77. The molecule has 0 aromatic rings. The molecule has 1 rings (SSSR count). The Morgan fingerprint density at radius 2 is 1.88 bits per heavy atom. The average Bonchev–Trinajstić information content (AvgIpc) is 2.15. The van der Waals surface area contributed by atoms with Crippen LogP contribution in [0.25, 0.3) is 0 Å². The van der Waals surface area contributed by atoms with Crippen LogP contribution in [0.5, 0.6) is 0 Å². The first-order valence-electron chi connectivity index (χ1n) is 5.64. The summed E-state index contributed by atoms with van der Waals surface area (Å²) in [6.07, 6.45) is 9.92. The molecule has 1 fully saturated rings. The van der Waals surface area contributed by atoms with Gasteiger partial charge in [-0.05, 0) is 32.8 Å². The zero-order chi connectivity index (χ0) is 12.0. The maximum atomic E-state index is 11.2. The van der Waals surface area contributed by atoms with Crippen molar-refractivity contribution >= 4 is 11.8 Å². The number of ether oxygens (including phenoxy) is 1. The number of carbonyl (C=O) groups is 2. The van der Waals surface area contributed by atoms with E-state index in [9.17, 15) is 9.59 Å². The Morgan fingerprint density at radius 3 is 2.31 bits per heavy atom. The molecule has 1 aliphatic rings. The average molecular weight is 222 g/mol. The molecule has 0 aliphatic heterocycles. The molecule has 0 spiro atoms. The van der Waals surface area contributed by atoms with Crippen molar-refractivity contribution < 1.29 is 14.3 Å². The standard InChI is InChI=1S/C13H18O3/c1-3-16-12(15)6-10-13(7-4-8-13)9-5-11(2)14/h5-6,9-10H,3-4,7-8H2,1-2H3/b9-5+,10-6+. The quantitative estimate of drug-likeness (QED) is 0.530. The van der Waals surface area contributed by atoms with E-state index in [0.717, 1.165) is 19.3 Å². The molecule has 16 heavy (non-hydrogen) atoms. The van der Waals surface area contributed by atoms with E-state index < -0.39 is 0 Å². The van der Waals surface area contributed by atoms with Crippen molar-refractivity contribution in [1.29, 1.82) is 0 Å². The lowest BCUT2D eigenvalue weighted by Crippen LogP contribution is -2.25. The molecule has 0 aromatic carbocycles. The molecule has 3 heteroatoms. The maximum Gasteiger partial charge on any atom is 0.330 e. The highest BCUT2D eigenvalue weighted by Gasteiger charge is 2.31. The molecule has 0 saturated heterocycles. The first-order chi connectivity index (χ1) is 7.58. The fourth-order valence-corrected chi connectivity index (χ4v) is 1.68. The summed E-state index contributed by atoms with van der Waals surface area (Å²) >= 11 is 0. The highest BCUT2D eigenvalue weighted by molar-refractivity contribution is 5.87. The predicted molar refractivity (Wildman–Crippen MR) is 61.9 cm³/mol. The second kappa shape index (κ2) is 5.64. The Balaban J connectivity index is 2.60. The lowest BCUT2D eigenvalue weighted by Gasteiger charge is -2.36. The summed E-state index contributed by atoms with van der Waals surface area (Å²) in [7, 11) is 0. The SMILES string of the molecule is CCOC(=O)/C=C/C1(/C=C/C(C)=O)CCC1. The molecular formula is C13H18O3. The monoisotopic (exact) mass is 222 g/mol. The van der Waals surface area contributed by atoms with Gasteiger partial charge in [0, 0.05) is 11.5 Å². The first kappa shape index (κ1) is 12.7. The number of esters is 1. The van der Waals surface area contributed by atoms with E-state index in [1.54, 1.807) is 13.0 Å². The van der Waals surface area contributed by atoms with E-state index in [4.69, 9.17) is 4.74 Å². The Labute approximate surface area is 96.2 Å². The second-order valence-electron chi connectivity index (χ2n) is 4.12. The molecule has 0 unspecified atom stereocenters. The van der Waals surface area contributed by atoms with Gasteiger partial charge in [0.1, 0.15) is 0 Å². The van der Waals surface area contributed by atoms with E-state index in [-0.39, 0.29) is 17.2 Å². The van der Waals surface area contributed by atoms with Crippen LogP contribution in [0.3, 0.4) is 0 Å². The van der Waals surface area contributed by atoms with Crippen molar-refractivity contribution in [2.24, 2.45) is 5.41 Å². The van der Waals surface area contributed by atoms with Crippen molar-refractivity contribution in [3.63, 3.8) is 0 Å². The predicted octanol–water partition coefficient (Wildman–Crippen LogP) is 2.42. The second-order valence-corrected chi connectivity index (χ2v) is 4.12. The normalized spacial score (nSPS) is 18.6. The van der Waals surface area contributed by atoms with Gasteiger partial charge in [-0.1, -0.05) is 18.6 Å². The molecule has 1 saturated carbocycles. The molecule has 88 valence electrons. The third-order valence-electron chi connectivity index (χ3n) is 2.77. The van der Waals surface area contributed by atoms with Crippen molar-refractivity contribution in [3.8, 4) is 0 Å². The van der Waals surface area contributed by atoms with E-state index in [1.165, 1.54) is 13.0 Å². The third kappa shape index (κ3) is 3.65. The minimum absolute atomic E-state index is 0.0378. The van der Waals surface area contributed by atoms with Crippen LogP contribution in [0, 0.1) is 5.41 Å². The molecule has 0 radical (unpaired) electrons. The summed E-state index contributed by atoms with van der Waals surface area (Å²) in [5.74, 6) is -0.277. The summed E-state index contributed by atoms with van der Waals surface area (Å²) in [6.45, 7) is 3.69. The first-order valence-corrected chi connectivity index (χ1v) is 5.64. The van der Waals surface area contributed by atoms with E-state index in [0.29, 0.717) is 6.61 Å². The van der Waals surface area contributed by atoms with Crippen LogP contribution in [-0.4, -0.2) is 18.4 Å². The van der Waals surface area contributed by atoms with Crippen molar-refractivity contribution in [2.45, 2.75) is 33.1 Å². The maximum absolute atomic E-state index is 11.2. The molecule has 0 N–H and O–H groups in total. The Bertz CT molecular complexity index is 322. The van der Waals surface area contributed by atoms with Crippen LogP contribution < -0.4 is 0 Å². The summed E-state index contributed by atoms with van der Waals surface area (Å²) in [6, 6.07) is 0. The number of ketones is 1. The molecule has 0 amide bonds. The van der Waals surface area contributed by atoms with E-state index in [1.807, 2.05) is 12.2 Å². The number of allylic oxidation sites excluding steroid dienone is 3. The zero-order valence-electron chi connectivity index (χ0n) is 9.86. The van der Waals surface area contributed by atoms with Gasteiger partial charge in [-0.25, -0.2) is 4.79 Å².